The van der Waals surface area contributed by atoms with E-state index in [0.29, 0.717) is 17.5 Å². The molecule has 3 nitrogen and oxygen atoms in total. The van der Waals surface area contributed by atoms with Gasteiger partial charge in [0.25, 0.3) is 0 Å². The van der Waals surface area contributed by atoms with Gasteiger partial charge in [-0.25, -0.2) is 15.0 Å². The first-order valence-electron chi connectivity index (χ1n) is 10.8. The molecule has 6 aromatic rings. The smallest absolute Gasteiger partial charge is 0.164 e. The van der Waals surface area contributed by atoms with Gasteiger partial charge in [0, 0.05) is 25.6 Å². The fourth-order valence-electron chi connectivity index (χ4n) is 4.10. The van der Waals surface area contributed by atoms with Gasteiger partial charge in [0.15, 0.2) is 17.5 Å². The van der Waals surface area contributed by atoms with Crippen molar-refractivity contribution < 1.29 is 0 Å². The zero-order valence-electron chi connectivity index (χ0n) is 17.9. The molecule has 0 bridgehead atoms. The second-order valence-electron chi connectivity index (χ2n) is 8.09. The lowest BCUT2D eigenvalue weighted by Gasteiger charge is -2.10. The van der Waals surface area contributed by atoms with Gasteiger partial charge in [-0.1, -0.05) is 105 Å². The van der Waals surface area contributed by atoms with E-state index < -0.39 is 0 Å². The fourth-order valence-corrected chi connectivity index (χ4v) is 5.40. The van der Waals surface area contributed by atoms with Crippen molar-refractivity contribution in [2.45, 2.75) is 0 Å². The summed E-state index contributed by atoms with van der Waals surface area (Å²) in [6, 6.07) is 35.3. The van der Waals surface area contributed by atoms with E-state index in [0.717, 1.165) is 36.4 Å². The minimum Gasteiger partial charge on any atom is -0.208 e. The molecule has 0 spiro atoms. The van der Waals surface area contributed by atoms with Gasteiger partial charge in [0.05, 0.1) is 0 Å². The minimum absolute atomic E-state index is 0.628. The molecule has 0 saturated heterocycles. The highest BCUT2D eigenvalue weighted by atomic mass is 79.9. The van der Waals surface area contributed by atoms with Crippen molar-refractivity contribution >= 4 is 53.4 Å². The van der Waals surface area contributed by atoms with Crippen LogP contribution < -0.4 is 0 Å². The largest absolute Gasteiger partial charge is 0.208 e. The first-order chi connectivity index (χ1) is 16.6. The van der Waals surface area contributed by atoms with Crippen LogP contribution in [0.4, 0.5) is 0 Å². The van der Waals surface area contributed by atoms with Crippen LogP contribution >= 0.6 is 31.9 Å². The Kier molecular flexibility index (Phi) is 5.44. The predicted octanol–water partition coefficient (Wildman–Crippen LogP) is 8.70. The maximum absolute atomic E-state index is 4.91. The Morgan fingerprint density at radius 2 is 0.794 bits per heavy atom. The highest BCUT2D eigenvalue weighted by Crippen LogP contribution is 2.30. The van der Waals surface area contributed by atoms with E-state index >= 15 is 0 Å². The van der Waals surface area contributed by atoms with Crippen molar-refractivity contribution in [2.24, 2.45) is 0 Å². The normalized spacial score (nSPS) is 11.2. The van der Waals surface area contributed by atoms with Gasteiger partial charge in [-0.2, -0.15) is 0 Å². The Morgan fingerprint density at radius 3 is 1.26 bits per heavy atom. The average molecular weight is 567 g/mol. The standard InChI is InChI=1S/C29H17Br2N3/c30-25-15-24(16-26(31)17-25)29-33-27(22-11-9-18-5-1-3-7-20(18)13-22)32-28(34-29)23-12-10-19-6-2-4-8-21(19)14-23/h1-17H. The molecule has 1 heterocycles. The first-order valence-corrected chi connectivity index (χ1v) is 12.4. The summed E-state index contributed by atoms with van der Waals surface area (Å²) in [5.41, 5.74) is 2.82. The number of benzene rings is 5. The van der Waals surface area contributed by atoms with Crippen molar-refractivity contribution in [1.29, 1.82) is 0 Å². The molecule has 34 heavy (non-hydrogen) atoms. The third-order valence-corrected chi connectivity index (χ3v) is 6.69. The first kappa shape index (κ1) is 21.1. The molecule has 0 N–H and O–H groups in total. The number of hydrogen-bond acceptors (Lipinski definition) is 3. The van der Waals surface area contributed by atoms with Crippen molar-refractivity contribution in [3.05, 3.63) is 112 Å². The molecule has 5 heteroatoms. The van der Waals surface area contributed by atoms with Gasteiger partial charge in [0.2, 0.25) is 0 Å². The van der Waals surface area contributed by atoms with E-state index in [1.807, 2.05) is 42.5 Å². The predicted molar refractivity (Wildman–Crippen MR) is 147 cm³/mol. The Balaban J connectivity index is 1.58. The number of fused-ring (bicyclic) bond motifs is 2. The summed E-state index contributed by atoms with van der Waals surface area (Å²) in [5.74, 6) is 1.92. The minimum atomic E-state index is 0.628. The van der Waals surface area contributed by atoms with E-state index in [4.69, 9.17) is 15.0 Å². The zero-order chi connectivity index (χ0) is 23.1. The van der Waals surface area contributed by atoms with Crippen LogP contribution in [0.1, 0.15) is 0 Å². The van der Waals surface area contributed by atoms with Gasteiger partial charge in [-0.3, -0.25) is 0 Å². The summed E-state index contributed by atoms with van der Waals surface area (Å²) in [7, 11) is 0. The van der Waals surface area contributed by atoms with Crippen LogP contribution in [-0.4, -0.2) is 15.0 Å². The van der Waals surface area contributed by atoms with E-state index in [2.05, 4.69) is 92.5 Å². The second kappa shape index (κ2) is 8.75. The van der Waals surface area contributed by atoms with Crippen LogP contribution in [0.3, 0.4) is 0 Å². The molecule has 0 aliphatic rings. The number of aromatic nitrogens is 3. The van der Waals surface area contributed by atoms with Gasteiger partial charge >= 0.3 is 0 Å². The lowest BCUT2D eigenvalue weighted by molar-refractivity contribution is 1.07. The molecule has 0 radical (unpaired) electrons. The Hall–Kier alpha value is -3.41. The third-order valence-electron chi connectivity index (χ3n) is 5.77. The van der Waals surface area contributed by atoms with Crippen molar-refractivity contribution in [3.63, 3.8) is 0 Å². The number of halogens is 2. The Morgan fingerprint density at radius 1 is 0.382 bits per heavy atom. The number of nitrogens with zero attached hydrogens (tertiary/aromatic N) is 3. The van der Waals surface area contributed by atoms with Crippen molar-refractivity contribution in [3.8, 4) is 34.2 Å². The molecular weight excluding hydrogens is 550 g/mol. The summed E-state index contributed by atoms with van der Waals surface area (Å²) in [6.45, 7) is 0. The molecule has 0 aliphatic heterocycles. The Bertz CT molecular complexity index is 1580. The third kappa shape index (κ3) is 4.13. The lowest BCUT2D eigenvalue weighted by atomic mass is 10.1. The van der Waals surface area contributed by atoms with E-state index in [-0.39, 0.29) is 0 Å². The van der Waals surface area contributed by atoms with Crippen LogP contribution in [0, 0.1) is 0 Å². The maximum Gasteiger partial charge on any atom is 0.164 e. The van der Waals surface area contributed by atoms with E-state index in [1.54, 1.807) is 0 Å². The molecule has 0 saturated carbocycles. The molecule has 1 aromatic heterocycles. The Labute approximate surface area is 213 Å². The molecule has 5 aromatic carbocycles. The summed E-state index contributed by atoms with van der Waals surface area (Å²) in [4.78, 5) is 14.7. The van der Waals surface area contributed by atoms with Gasteiger partial charge < -0.3 is 0 Å². The highest BCUT2D eigenvalue weighted by Gasteiger charge is 2.14. The zero-order valence-corrected chi connectivity index (χ0v) is 21.1. The fraction of sp³-hybridized carbons (Fsp3) is 0. The average Bonchev–Trinajstić information content (AvgIpc) is 2.87. The molecule has 0 amide bonds. The topological polar surface area (TPSA) is 38.7 Å². The van der Waals surface area contributed by atoms with E-state index in [9.17, 15) is 0 Å². The number of rotatable bonds is 3. The van der Waals surface area contributed by atoms with Gasteiger partial charge in [-0.05, 0) is 51.9 Å². The SMILES string of the molecule is Brc1cc(Br)cc(-c2nc(-c3ccc4ccccc4c3)nc(-c3ccc4ccccc4c3)n2)c1. The highest BCUT2D eigenvalue weighted by molar-refractivity contribution is 9.11. The maximum atomic E-state index is 4.91. The molecule has 0 unspecified atom stereocenters. The quantitative estimate of drug-likeness (QED) is 0.215. The van der Waals surface area contributed by atoms with Crippen LogP contribution in [0.25, 0.3) is 55.7 Å². The second-order valence-corrected chi connectivity index (χ2v) is 9.92. The molecule has 162 valence electrons. The number of hydrogen-bond donors (Lipinski definition) is 0. The summed E-state index contributed by atoms with van der Waals surface area (Å²) < 4.78 is 1.91. The summed E-state index contributed by atoms with van der Waals surface area (Å²) in [5, 5.41) is 4.68. The summed E-state index contributed by atoms with van der Waals surface area (Å²) >= 11 is 7.18. The summed E-state index contributed by atoms with van der Waals surface area (Å²) in [6.07, 6.45) is 0. The van der Waals surface area contributed by atoms with Crippen molar-refractivity contribution in [2.75, 3.05) is 0 Å². The molecule has 6 rings (SSSR count). The van der Waals surface area contributed by atoms with Crippen LogP contribution in [0.5, 0.6) is 0 Å². The van der Waals surface area contributed by atoms with Crippen LogP contribution in [0.15, 0.2) is 112 Å². The molecule has 0 atom stereocenters. The van der Waals surface area contributed by atoms with Crippen LogP contribution in [0.2, 0.25) is 0 Å². The molecule has 0 fully saturated rings. The monoisotopic (exact) mass is 565 g/mol. The van der Waals surface area contributed by atoms with E-state index in [1.165, 1.54) is 10.8 Å². The van der Waals surface area contributed by atoms with Gasteiger partial charge in [0.1, 0.15) is 0 Å². The van der Waals surface area contributed by atoms with Gasteiger partial charge in [-0.15, -0.1) is 0 Å². The molecular formula is C29H17Br2N3. The van der Waals surface area contributed by atoms with Crippen molar-refractivity contribution in [1.82, 2.24) is 15.0 Å². The lowest BCUT2D eigenvalue weighted by Crippen LogP contribution is -2.00. The molecule has 0 aliphatic carbocycles. The van der Waals surface area contributed by atoms with Crippen LogP contribution in [-0.2, 0) is 0 Å².